The lowest BCUT2D eigenvalue weighted by atomic mass is 10.0. The number of pyridine rings is 1. The van der Waals surface area contributed by atoms with E-state index in [-0.39, 0.29) is 29.3 Å². The Balaban J connectivity index is 1.96. The molecule has 4 rings (SSSR count). The van der Waals surface area contributed by atoms with Gasteiger partial charge in [0.2, 0.25) is 11.3 Å². The molecule has 7 nitrogen and oxygen atoms in total. The van der Waals surface area contributed by atoms with E-state index < -0.39 is 17.2 Å². The third-order valence-electron chi connectivity index (χ3n) is 5.28. The van der Waals surface area contributed by atoms with E-state index in [0.717, 1.165) is 18.9 Å². The number of aryl methyl sites for hydroxylation is 1. The highest BCUT2D eigenvalue weighted by molar-refractivity contribution is 5.95. The number of carbonyl (C=O) groups excluding carboxylic acids is 1. The van der Waals surface area contributed by atoms with Crippen LogP contribution < -0.4 is 15.6 Å². The number of carbonyl (C=O) groups is 2. The van der Waals surface area contributed by atoms with Gasteiger partial charge in [0, 0.05) is 43.7 Å². The van der Waals surface area contributed by atoms with Crippen LogP contribution in [0.5, 0.6) is 0 Å². The van der Waals surface area contributed by atoms with Crippen molar-refractivity contribution in [2.75, 3.05) is 24.5 Å². The molecule has 1 aliphatic heterocycles. The molecule has 0 unspecified atom stereocenters. The summed E-state index contributed by atoms with van der Waals surface area (Å²) >= 11 is 0. The highest BCUT2D eigenvalue weighted by atomic mass is 19.1. The summed E-state index contributed by atoms with van der Waals surface area (Å²) in [6, 6.07) is 1.27. The first-order chi connectivity index (χ1) is 12.9. The van der Waals surface area contributed by atoms with Crippen LogP contribution in [-0.2, 0) is 4.79 Å². The van der Waals surface area contributed by atoms with Crippen molar-refractivity contribution in [3.05, 3.63) is 39.4 Å². The molecule has 0 spiro atoms. The number of aromatic nitrogens is 1. The Bertz CT molecular complexity index is 1030. The minimum atomic E-state index is -1.31. The van der Waals surface area contributed by atoms with Crippen molar-refractivity contribution >= 4 is 28.5 Å². The summed E-state index contributed by atoms with van der Waals surface area (Å²) in [4.78, 5) is 37.5. The van der Waals surface area contributed by atoms with Gasteiger partial charge in [-0.25, -0.2) is 9.18 Å². The van der Waals surface area contributed by atoms with Crippen molar-refractivity contribution in [1.82, 2.24) is 9.88 Å². The van der Waals surface area contributed by atoms with Gasteiger partial charge in [0.15, 0.2) is 0 Å². The van der Waals surface area contributed by atoms with E-state index >= 15 is 4.39 Å². The van der Waals surface area contributed by atoms with E-state index in [2.05, 4.69) is 5.32 Å². The Morgan fingerprint density at radius 3 is 2.70 bits per heavy atom. The third kappa shape index (κ3) is 2.94. The molecule has 1 amide bonds. The smallest absolute Gasteiger partial charge is 0.341 e. The van der Waals surface area contributed by atoms with Crippen LogP contribution >= 0.6 is 0 Å². The second-order valence-corrected chi connectivity index (χ2v) is 7.13. The van der Waals surface area contributed by atoms with Crippen molar-refractivity contribution in [3.8, 4) is 0 Å². The van der Waals surface area contributed by atoms with Gasteiger partial charge in [0.1, 0.15) is 11.4 Å². The van der Waals surface area contributed by atoms with Crippen molar-refractivity contribution in [3.63, 3.8) is 0 Å². The third-order valence-corrected chi connectivity index (χ3v) is 5.28. The molecular formula is C19H20FN3O4. The Morgan fingerprint density at radius 2 is 2.04 bits per heavy atom. The molecule has 2 heterocycles. The summed E-state index contributed by atoms with van der Waals surface area (Å²) in [5.74, 6) is -1.95. The fourth-order valence-electron chi connectivity index (χ4n) is 3.84. The SMILES string of the molecule is Cc1c(N2CCNC(=O)CC2)c(F)cc2c(=O)c(C(=O)O)cn(C3CC3)c12. The molecule has 1 aliphatic carbocycles. The average Bonchev–Trinajstić information content (AvgIpc) is 3.44. The minimum Gasteiger partial charge on any atom is -0.477 e. The van der Waals surface area contributed by atoms with Gasteiger partial charge in [-0.15, -0.1) is 0 Å². The summed E-state index contributed by atoms with van der Waals surface area (Å²) < 4.78 is 16.8. The Morgan fingerprint density at radius 1 is 1.30 bits per heavy atom. The number of carboxylic acids is 1. The molecule has 0 atom stereocenters. The molecule has 2 aliphatic rings. The molecule has 2 fully saturated rings. The molecule has 142 valence electrons. The van der Waals surface area contributed by atoms with E-state index in [9.17, 15) is 19.5 Å². The Labute approximate surface area is 154 Å². The Hall–Kier alpha value is -2.90. The van der Waals surface area contributed by atoms with Crippen LogP contribution in [0.2, 0.25) is 0 Å². The first kappa shape index (κ1) is 17.5. The van der Waals surface area contributed by atoms with Gasteiger partial charge < -0.3 is 19.9 Å². The zero-order chi connectivity index (χ0) is 19.3. The highest BCUT2D eigenvalue weighted by Gasteiger charge is 2.30. The fourth-order valence-corrected chi connectivity index (χ4v) is 3.84. The van der Waals surface area contributed by atoms with Gasteiger partial charge in [0.05, 0.1) is 11.2 Å². The molecule has 8 heteroatoms. The summed E-state index contributed by atoms with van der Waals surface area (Å²) in [7, 11) is 0. The molecule has 2 aromatic rings. The maximum Gasteiger partial charge on any atom is 0.341 e. The standard InChI is InChI=1S/C19H20FN3O4/c1-10-16-12(18(25)13(19(26)27)9-23(16)11-2-3-11)8-14(20)17(10)22-6-4-15(24)21-5-7-22/h8-9,11H,2-7H2,1H3,(H,21,24)(H,26,27). The maximum atomic E-state index is 15.0. The number of hydrogen-bond donors (Lipinski definition) is 2. The van der Waals surface area contributed by atoms with E-state index in [1.807, 2.05) is 4.90 Å². The Kier molecular flexibility index (Phi) is 4.13. The zero-order valence-corrected chi connectivity index (χ0v) is 14.9. The number of hydrogen-bond acceptors (Lipinski definition) is 4. The number of amides is 1. The number of benzene rings is 1. The van der Waals surface area contributed by atoms with Crippen LogP contribution in [0.3, 0.4) is 0 Å². The molecule has 0 radical (unpaired) electrons. The molecule has 1 saturated heterocycles. The zero-order valence-electron chi connectivity index (χ0n) is 14.9. The van der Waals surface area contributed by atoms with Gasteiger partial charge in [-0.1, -0.05) is 0 Å². The first-order valence-electron chi connectivity index (χ1n) is 9.01. The number of nitrogens with one attached hydrogen (secondary N) is 1. The van der Waals surface area contributed by atoms with Crippen LogP contribution in [-0.4, -0.2) is 41.2 Å². The summed E-state index contributed by atoms with van der Waals surface area (Å²) in [6.07, 6.45) is 3.44. The lowest BCUT2D eigenvalue weighted by molar-refractivity contribution is -0.120. The van der Waals surface area contributed by atoms with Crippen molar-refractivity contribution in [2.24, 2.45) is 0 Å². The van der Waals surface area contributed by atoms with Gasteiger partial charge in [-0.05, 0) is 31.4 Å². The van der Waals surface area contributed by atoms with Crippen molar-refractivity contribution < 1.29 is 19.1 Å². The van der Waals surface area contributed by atoms with Crippen LogP contribution in [0, 0.1) is 12.7 Å². The molecular weight excluding hydrogens is 353 g/mol. The van der Waals surface area contributed by atoms with E-state index in [0.29, 0.717) is 36.4 Å². The van der Waals surface area contributed by atoms with Crippen LogP contribution in [0.1, 0.15) is 41.2 Å². The quantitative estimate of drug-likeness (QED) is 0.856. The highest BCUT2D eigenvalue weighted by Crippen LogP contribution is 2.40. The monoisotopic (exact) mass is 373 g/mol. The van der Waals surface area contributed by atoms with Crippen LogP contribution in [0.25, 0.3) is 10.9 Å². The number of rotatable bonds is 3. The predicted octanol–water partition coefficient (Wildman–Crippen LogP) is 1.81. The van der Waals surface area contributed by atoms with Gasteiger partial charge in [-0.2, -0.15) is 0 Å². The molecule has 27 heavy (non-hydrogen) atoms. The van der Waals surface area contributed by atoms with E-state index in [1.165, 1.54) is 6.20 Å². The van der Waals surface area contributed by atoms with Crippen LogP contribution in [0.4, 0.5) is 10.1 Å². The molecule has 1 saturated carbocycles. The maximum absolute atomic E-state index is 15.0. The van der Waals surface area contributed by atoms with Crippen molar-refractivity contribution in [2.45, 2.75) is 32.2 Å². The van der Waals surface area contributed by atoms with Gasteiger partial charge in [0.25, 0.3) is 0 Å². The number of fused-ring (bicyclic) bond motifs is 1. The van der Waals surface area contributed by atoms with Gasteiger partial charge in [-0.3, -0.25) is 9.59 Å². The number of anilines is 1. The lowest BCUT2D eigenvalue weighted by Crippen LogP contribution is -2.30. The van der Waals surface area contributed by atoms with E-state index in [1.54, 1.807) is 11.5 Å². The summed E-state index contributed by atoms with van der Waals surface area (Å²) in [6.45, 7) is 3.02. The normalized spacial score (nSPS) is 17.7. The van der Waals surface area contributed by atoms with Crippen LogP contribution in [0.15, 0.2) is 17.1 Å². The second kappa shape index (κ2) is 6.37. The number of aromatic carboxylic acids is 1. The topological polar surface area (TPSA) is 91.6 Å². The van der Waals surface area contributed by atoms with Crippen molar-refractivity contribution in [1.29, 1.82) is 0 Å². The largest absolute Gasteiger partial charge is 0.477 e. The number of nitrogens with zero attached hydrogens (tertiary/aromatic N) is 2. The number of halogens is 1. The molecule has 2 N–H and O–H groups in total. The molecule has 0 bridgehead atoms. The fraction of sp³-hybridized carbons (Fsp3) is 0.421. The summed E-state index contributed by atoms with van der Waals surface area (Å²) in [5, 5.41) is 12.2. The lowest BCUT2D eigenvalue weighted by Gasteiger charge is -2.26. The van der Waals surface area contributed by atoms with Gasteiger partial charge >= 0.3 is 5.97 Å². The number of carboxylic acid groups (broad SMARTS) is 1. The second-order valence-electron chi connectivity index (χ2n) is 7.13. The molecule has 1 aromatic carbocycles. The summed E-state index contributed by atoms with van der Waals surface area (Å²) in [5.41, 5.74) is 0.532. The minimum absolute atomic E-state index is 0.0719. The molecule has 1 aromatic heterocycles. The predicted molar refractivity (Wildman–Crippen MR) is 98.0 cm³/mol. The average molecular weight is 373 g/mol. The van der Waals surface area contributed by atoms with E-state index in [4.69, 9.17) is 0 Å². The first-order valence-corrected chi connectivity index (χ1v) is 9.01.